The molecule has 1 nitrogen and oxygen atoms in total. The normalized spacial score (nSPS) is 13.9. The van der Waals surface area contributed by atoms with Crippen LogP contribution in [0.2, 0.25) is 0 Å². The Morgan fingerprint density at radius 3 is 2.44 bits per heavy atom. The monoisotopic (exact) mass is 253 g/mol. The highest BCUT2D eigenvalue weighted by molar-refractivity contribution is 7.98. The minimum absolute atomic E-state index is 0.375. The van der Waals surface area contributed by atoms with Gasteiger partial charge in [-0.1, -0.05) is 6.07 Å². The lowest BCUT2D eigenvalue weighted by atomic mass is 10.1. The molecule has 0 aliphatic heterocycles. The van der Waals surface area contributed by atoms with E-state index in [9.17, 15) is 17.6 Å². The molecule has 16 heavy (non-hydrogen) atoms. The molecule has 0 saturated carbocycles. The summed E-state index contributed by atoms with van der Waals surface area (Å²) in [6, 6.07) is 2.34. The molecule has 2 N–H and O–H groups in total. The van der Waals surface area contributed by atoms with E-state index in [0.717, 1.165) is 12.1 Å². The Bertz CT molecular complexity index is 364. The molecule has 6 heteroatoms. The third kappa shape index (κ3) is 3.12. The van der Waals surface area contributed by atoms with Crippen LogP contribution in [-0.4, -0.2) is 12.0 Å². The summed E-state index contributed by atoms with van der Waals surface area (Å²) in [5.74, 6) is -0.744. The van der Waals surface area contributed by atoms with Gasteiger partial charge in [-0.25, -0.2) is 4.39 Å². The van der Waals surface area contributed by atoms with Crippen molar-refractivity contribution in [3.8, 4) is 0 Å². The van der Waals surface area contributed by atoms with Crippen LogP contribution in [0.25, 0.3) is 0 Å². The Balaban J connectivity index is 3.00. The molecule has 0 aliphatic carbocycles. The summed E-state index contributed by atoms with van der Waals surface area (Å²) in [6.07, 6.45) is -2.84. The van der Waals surface area contributed by atoms with Gasteiger partial charge in [-0.15, -0.1) is 0 Å². The van der Waals surface area contributed by atoms with Crippen molar-refractivity contribution in [3.63, 3.8) is 0 Å². The van der Waals surface area contributed by atoms with E-state index in [1.54, 1.807) is 0 Å². The van der Waals surface area contributed by atoms with Gasteiger partial charge in [0.1, 0.15) is 5.82 Å². The molecular formula is C10H11F4NS. The molecule has 0 heterocycles. The molecule has 0 amide bonds. The van der Waals surface area contributed by atoms with Crippen LogP contribution in [0.4, 0.5) is 17.6 Å². The topological polar surface area (TPSA) is 26.0 Å². The molecular weight excluding hydrogens is 242 g/mol. The Kier molecular flexibility index (Phi) is 4.21. The molecule has 1 aromatic rings. The molecule has 90 valence electrons. The summed E-state index contributed by atoms with van der Waals surface area (Å²) in [5, 5.41) is 0. The second-order valence-corrected chi connectivity index (χ2v) is 4.21. The van der Waals surface area contributed by atoms with Crippen molar-refractivity contribution < 1.29 is 17.6 Å². The van der Waals surface area contributed by atoms with E-state index < -0.39 is 23.6 Å². The molecule has 0 bridgehead atoms. The van der Waals surface area contributed by atoms with Crippen molar-refractivity contribution in [2.75, 3.05) is 12.0 Å². The predicted molar refractivity (Wildman–Crippen MR) is 56.7 cm³/mol. The van der Waals surface area contributed by atoms with Crippen LogP contribution in [0, 0.1) is 5.82 Å². The van der Waals surface area contributed by atoms with E-state index in [-0.39, 0.29) is 0 Å². The summed E-state index contributed by atoms with van der Waals surface area (Å²) < 4.78 is 49.9. The van der Waals surface area contributed by atoms with Crippen molar-refractivity contribution in [3.05, 3.63) is 35.1 Å². The highest BCUT2D eigenvalue weighted by Gasteiger charge is 2.34. The van der Waals surface area contributed by atoms with Gasteiger partial charge in [-0.2, -0.15) is 24.9 Å². The molecule has 1 unspecified atom stereocenters. The smallest absolute Gasteiger partial charge is 0.323 e. The van der Waals surface area contributed by atoms with E-state index in [4.69, 9.17) is 5.73 Å². The molecule has 1 aromatic carbocycles. The fourth-order valence-corrected chi connectivity index (χ4v) is 1.82. The Hall–Kier alpha value is -0.750. The summed E-state index contributed by atoms with van der Waals surface area (Å²) in [5.41, 5.74) is 4.78. The van der Waals surface area contributed by atoms with E-state index in [0.29, 0.717) is 11.3 Å². The van der Waals surface area contributed by atoms with E-state index in [1.165, 1.54) is 17.8 Å². The van der Waals surface area contributed by atoms with Crippen LogP contribution in [0.5, 0.6) is 0 Å². The van der Waals surface area contributed by atoms with Crippen LogP contribution < -0.4 is 5.73 Å². The van der Waals surface area contributed by atoms with Crippen LogP contribution >= 0.6 is 11.8 Å². The van der Waals surface area contributed by atoms with Crippen LogP contribution in [0.1, 0.15) is 17.2 Å². The van der Waals surface area contributed by atoms with Crippen molar-refractivity contribution in [1.29, 1.82) is 0 Å². The first-order chi connectivity index (χ1) is 7.36. The Labute approximate surface area is 95.0 Å². The molecule has 0 saturated heterocycles. The van der Waals surface area contributed by atoms with Crippen molar-refractivity contribution in [2.24, 2.45) is 5.73 Å². The maximum atomic E-state index is 13.2. The largest absolute Gasteiger partial charge is 0.419 e. The average molecular weight is 253 g/mol. The zero-order valence-electron chi connectivity index (χ0n) is 8.51. The van der Waals surface area contributed by atoms with Gasteiger partial charge in [0.05, 0.1) is 5.56 Å². The minimum atomic E-state index is -4.66. The zero-order valence-corrected chi connectivity index (χ0v) is 9.33. The van der Waals surface area contributed by atoms with Crippen molar-refractivity contribution >= 4 is 11.8 Å². The first kappa shape index (κ1) is 13.3. The first-order valence-corrected chi connectivity index (χ1v) is 5.86. The number of benzene rings is 1. The van der Waals surface area contributed by atoms with Gasteiger partial charge in [0, 0.05) is 11.8 Å². The second-order valence-electron chi connectivity index (χ2n) is 3.30. The minimum Gasteiger partial charge on any atom is -0.323 e. The standard InChI is InChI=1S/C10H11F4NS/c1-16-5-9(15)6-2-3-7(8(11)4-6)10(12,13)14/h2-4,9H,5,15H2,1H3. The fourth-order valence-electron chi connectivity index (χ4n) is 1.27. The third-order valence-corrected chi connectivity index (χ3v) is 2.77. The summed E-state index contributed by atoms with van der Waals surface area (Å²) >= 11 is 1.45. The lowest BCUT2D eigenvalue weighted by molar-refractivity contribution is -0.140. The quantitative estimate of drug-likeness (QED) is 0.837. The maximum Gasteiger partial charge on any atom is 0.419 e. The summed E-state index contributed by atoms with van der Waals surface area (Å²) in [6.45, 7) is 0. The van der Waals surface area contributed by atoms with Crippen molar-refractivity contribution in [2.45, 2.75) is 12.2 Å². The van der Waals surface area contributed by atoms with Crippen LogP contribution in [-0.2, 0) is 6.18 Å². The number of alkyl halides is 3. The lowest BCUT2D eigenvalue weighted by Gasteiger charge is -2.13. The number of thioether (sulfide) groups is 1. The molecule has 0 radical (unpaired) electrons. The van der Waals surface area contributed by atoms with Gasteiger partial charge < -0.3 is 5.73 Å². The summed E-state index contributed by atoms with van der Waals surface area (Å²) in [4.78, 5) is 0. The number of halogens is 4. The number of hydrogen-bond donors (Lipinski definition) is 1. The van der Waals surface area contributed by atoms with Gasteiger partial charge in [0.2, 0.25) is 0 Å². The van der Waals surface area contributed by atoms with Crippen LogP contribution in [0.3, 0.4) is 0 Å². The van der Waals surface area contributed by atoms with Gasteiger partial charge in [0.25, 0.3) is 0 Å². The van der Waals surface area contributed by atoms with E-state index >= 15 is 0 Å². The maximum absolute atomic E-state index is 13.2. The molecule has 1 rings (SSSR count). The lowest BCUT2D eigenvalue weighted by Crippen LogP contribution is -2.15. The number of rotatable bonds is 3. The molecule has 0 aromatic heterocycles. The average Bonchev–Trinajstić information content (AvgIpc) is 2.16. The van der Waals surface area contributed by atoms with Crippen LogP contribution in [0.15, 0.2) is 18.2 Å². The highest BCUT2D eigenvalue weighted by Crippen LogP contribution is 2.32. The Morgan fingerprint density at radius 1 is 1.38 bits per heavy atom. The molecule has 0 fully saturated rings. The predicted octanol–water partition coefficient (Wildman–Crippen LogP) is 3.21. The Morgan fingerprint density at radius 2 is 2.00 bits per heavy atom. The van der Waals surface area contributed by atoms with Gasteiger partial charge in [-0.05, 0) is 24.0 Å². The first-order valence-electron chi connectivity index (χ1n) is 4.47. The van der Waals surface area contributed by atoms with Gasteiger partial charge in [0.15, 0.2) is 0 Å². The number of nitrogens with two attached hydrogens (primary N) is 1. The van der Waals surface area contributed by atoms with E-state index in [2.05, 4.69) is 0 Å². The zero-order chi connectivity index (χ0) is 12.3. The fraction of sp³-hybridized carbons (Fsp3) is 0.400. The SMILES string of the molecule is CSCC(N)c1ccc(C(F)(F)F)c(F)c1. The van der Waals surface area contributed by atoms with Crippen molar-refractivity contribution in [1.82, 2.24) is 0 Å². The highest BCUT2D eigenvalue weighted by atomic mass is 32.2. The van der Waals surface area contributed by atoms with E-state index in [1.807, 2.05) is 6.26 Å². The molecule has 1 atom stereocenters. The second kappa shape index (κ2) is 5.05. The van der Waals surface area contributed by atoms with Gasteiger partial charge >= 0.3 is 6.18 Å². The third-order valence-electron chi connectivity index (χ3n) is 2.07. The van der Waals surface area contributed by atoms with Gasteiger partial charge in [-0.3, -0.25) is 0 Å². The number of hydrogen-bond acceptors (Lipinski definition) is 2. The molecule has 0 aliphatic rings. The molecule has 0 spiro atoms. The summed E-state index contributed by atoms with van der Waals surface area (Å²) in [7, 11) is 0.